The molecular formula is C27H32ClN5O4. The molecule has 4 heterocycles. The molecule has 2 aromatic heterocycles. The number of morpholine rings is 1. The zero-order valence-corrected chi connectivity index (χ0v) is 22.2. The number of hydrogen-bond donors (Lipinski definition) is 3. The van der Waals surface area contributed by atoms with E-state index in [9.17, 15) is 4.79 Å². The zero-order chi connectivity index (χ0) is 26.1. The van der Waals surface area contributed by atoms with Gasteiger partial charge in [0.15, 0.2) is 5.75 Å². The Kier molecular flexibility index (Phi) is 7.28. The molecule has 0 bridgehead atoms. The van der Waals surface area contributed by atoms with E-state index < -0.39 is 0 Å². The van der Waals surface area contributed by atoms with Gasteiger partial charge in [-0.1, -0.05) is 24.6 Å². The van der Waals surface area contributed by atoms with Gasteiger partial charge in [0, 0.05) is 42.5 Å². The standard InChI is InChI=1S/C27H32ClN5O4/c1-15-16(2)30-27(34)22-23(15)32-24(25(22)31-20-7-5-6-19(28)26(20)35-4)18-8-9-29-12-21(18)37-14-17-13-33(3)10-11-36-17/h5-9,12,15-17,31-32H,10-11,13-14H2,1-4H3,(H,30,34)/t15-,16+,17-/m0/s1. The summed E-state index contributed by atoms with van der Waals surface area (Å²) >= 11 is 6.40. The van der Waals surface area contributed by atoms with Gasteiger partial charge >= 0.3 is 0 Å². The Morgan fingerprint density at radius 1 is 1.30 bits per heavy atom. The first-order chi connectivity index (χ1) is 17.9. The van der Waals surface area contributed by atoms with Gasteiger partial charge in [0.1, 0.15) is 18.5 Å². The molecule has 10 heteroatoms. The number of aromatic nitrogens is 2. The van der Waals surface area contributed by atoms with Crippen LogP contribution in [0, 0.1) is 0 Å². The number of fused-ring (bicyclic) bond motifs is 1. The van der Waals surface area contributed by atoms with E-state index in [4.69, 9.17) is 25.8 Å². The molecule has 5 rings (SSSR count). The van der Waals surface area contributed by atoms with Crippen molar-refractivity contribution in [1.29, 1.82) is 0 Å². The third-order valence-corrected chi connectivity index (χ3v) is 7.37. The Morgan fingerprint density at radius 3 is 2.92 bits per heavy atom. The van der Waals surface area contributed by atoms with E-state index in [-0.39, 0.29) is 24.0 Å². The zero-order valence-electron chi connectivity index (χ0n) is 21.4. The van der Waals surface area contributed by atoms with Crippen molar-refractivity contribution in [3.8, 4) is 22.8 Å². The molecule has 0 saturated carbocycles. The highest BCUT2D eigenvalue weighted by molar-refractivity contribution is 6.32. The van der Waals surface area contributed by atoms with Gasteiger partial charge in [-0.05, 0) is 32.2 Å². The number of methoxy groups -OCH3 is 1. The van der Waals surface area contributed by atoms with Crippen LogP contribution in [0.25, 0.3) is 11.3 Å². The molecular weight excluding hydrogens is 494 g/mol. The predicted octanol–water partition coefficient (Wildman–Crippen LogP) is 4.43. The third kappa shape index (κ3) is 4.99. The van der Waals surface area contributed by atoms with Crippen LogP contribution in [0.5, 0.6) is 11.5 Å². The smallest absolute Gasteiger partial charge is 0.255 e. The minimum atomic E-state index is -0.151. The number of benzene rings is 1. The van der Waals surface area contributed by atoms with Gasteiger partial charge in [-0.15, -0.1) is 0 Å². The number of nitrogens with zero attached hydrogens (tertiary/aromatic N) is 2. The molecule has 1 amide bonds. The van der Waals surface area contributed by atoms with Gasteiger partial charge in [0.25, 0.3) is 5.91 Å². The topological polar surface area (TPSA) is 101 Å². The molecule has 1 saturated heterocycles. The molecule has 196 valence electrons. The number of rotatable bonds is 7. The quantitative estimate of drug-likeness (QED) is 0.419. The Balaban J connectivity index is 1.58. The number of carbonyl (C=O) groups is 1. The molecule has 0 aliphatic carbocycles. The molecule has 2 aliphatic rings. The van der Waals surface area contributed by atoms with Crippen LogP contribution in [0.15, 0.2) is 36.7 Å². The maximum atomic E-state index is 13.3. The maximum absolute atomic E-state index is 13.3. The van der Waals surface area contributed by atoms with Crippen LogP contribution in [0.4, 0.5) is 11.4 Å². The Morgan fingerprint density at radius 2 is 2.14 bits per heavy atom. The Bertz CT molecular complexity index is 1300. The van der Waals surface area contributed by atoms with Crippen molar-refractivity contribution in [2.45, 2.75) is 31.9 Å². The highest BCUT2D eigenvalue weighted by Gasteiger charge is 2.35. The average Bonchev–Trinajstić information content (AvgIpc) is 3.26. The van der Waals surface area contributed by atoms with Crippen molar-refractivity contribution in [3.63, 3.8) is 0 Å². The summed E-state index contributed by atoms with van der Waals surface area (Å²) in [6.45, 7) is 6.86. The third-order valence-electron chi connectivity index (χ3n) is 7.07. The summed E-state index contributed by atoms with van der Waals surface area (Å²) in [5.74, 6) is 1.01. The SMILES string of the molecule is COc1c(Cl)cccc1Nc1c(-c2ccncc2OC[C@@H]2CN(C)CCO2)[nH]c2c1C(=O)N[C@H](C)[C@@H]2C. The molecule has 0 radical (unpaired) electrons. The number of aromatic amines is 1. The van der Waals surface area contributed by atoms with E-state index in [2.05, 4.69) is 39.5 Å². The molecule has 3 N–H and O–H groups in total. The maximum Gasteiger partial charge on any atom is 0.255 e. The number of pyridine rings is 1. The van der Waals surface area contributed by atoms with E-state index in [0.717, 1.165) is 30.0 Å². The van der Waals surface area contributed by atoms with Gasteiger partial charge in [-0.3, -0.25) is 9.78 Å². The highest BCUT2D eigenvalue weighted by atomic mass is 35.5. The normalized spacial score (nSPS) is 21.8. The molecule has 3 aromatic rings. The van der Waals surface area contributed by atoms with Gasteiger partial charge in [0.05, 0.1) is 47.6 Å². The van der Waals surface area contributed by atoms with Crippen molar-refractivity contribution in [1.82, 2.24) is 20.2 Å². The summed E-state index contributed by atoms with van der Waals surface area (Å²) in [5.41, 5.74) is 4.19. The monoisotopic (exact) mass is 525 g/mol. The average molecular weight is 526 g/mol. The Hall–Kier alpha value is -3.27. The molecule has 3 atom stereocenters. The lowest BCUT2D eigenvalue weighted by Gasteiger charge is -2.30. The first-order valence-electron chi connectivity index (χ1n) is 12.4. The largest absolute Gasteiger partial charge is 0.493 e. The molecule has 1 aromatic carbocycles. The minimum absolute atomic E-state index is 0.0198. The molecule has 2 aliphatic heterocycles. The van der Waals surface area contributed by atoms with Crippen molar-refractivity contribution in [2.75, 3.05) is 45.8 Å². The molecule has 0 spiro atoms. The predicted molar refractivity (Wildman–Crippen MR) is 143 cm³/mol. The fourth-order valence-corrected chi connectivity index (χ4v) is 5.13. The molecule has 37 heavy (non-hydrogen) atoms. The highest BCUT2D eigenvalue weighted by Crippen LogP contribution is 2.45. The number of nitrogens with one attached hydrogen (secondary N) is 3. The summed E-state index contributed by atoms with van der Waals surface area (Å²) in [6.07, 6.45) is 3.36. The van der Waals surface area contributed by atoms with Crippen LogP contribution in [0.2, 0.25) is 5.02 Å². The van der Waals surface area contributed by atoms with Crippen molar-refractivity contribution in [2.24, 2.45) is 0 Å². The van der Waals surface area contributed by atoms with Crippen LogP contribution in [0.1, 0.15) is 35.8 Å². The van der Waals surface area contributed by atoms with Crippen LogP contribution in [-0.4, -0.2) is 73.4 Å². The number of likely N-dealkylation sites (N-methyl/N-ethyl adjacent to an activating group) is 1. The minimum Gasteiger partial charge on any atom is -0.493 e. The number of H-pyrrole nitrogens is 1. The lowest BCUT2D eigenvalue weighted by Crippen LogP contribution is -2.42. The van der Waals surface area contributed by atoms with Crippen molar-refractivity contribution >= 4 is 28.9 Å². The van der Waals surface area contributed by atoms with E-state index in [1.807, 2.05) is 25.1 Å². The van der Waals surface area contributed by atoms with E-state index in [1.165, 1.54) is 0 Å². The van der Waals surface area contributed by atoms with E-state index in [1.54, 1.807) is 25.6 Å². The summed E-state index contributed by atoms with van der Waals surface area (Å²) in [4.78, 5) is 23.3. The van der Waals surface area contributed by atoms with Crippen LogP contribution < -0.4 is 20.1 Å². The first kappa shape index (κ1) is 25.4. The van der Waals surface area contributed by atoms with Gasteiger partial charge in [0.2, 0.25) is 0 Å². The number of anilines is 2. The summed E-state index contributed by atoms with van der Waals surface area (Å²) in [5, 5.41) is 6.98. The number of halogens is 1. The van der Waals surface area contributed by atoms with Crippen LogP contribution >= 0.6 is 11.6 Å². The Labute approximate surface area is 221 Å². The van der Waals surface area contributed by atoms with Gasteiger partial charge in [-0.25, -0.2) is 0 Å². The lowest BCUT2D eigenvalue weighted by atomic mass is 9.91. The second-order valence-electron chi connectivity index (χ2n) is 9.60. The van der Waals surface area contributed by atoms with Crippen LogP contribution in [0.3, 0.4) is 0 Å². The second kappa shape index (κ2) is 10.6. The lowest BCUT2D eigenvalue weighted by molar-refractivity contribution is -0.0403. The van der Waals surface area contributed by atoms with Crippen molar-refractivity contribution < 1.29 is 19.0 Å². The number of amides is 1. The fourth-order valence-electron chi connectivity index (χ4n) is 4.88. The second-order valence-corrected chi connectivity index (χ2v) is 10.0. The molecule has 9 nitrogen and oxygen atoms in total. The molecule has 0 unspecified atom stereocenters. The van der Waals surface area contributed by atoms with E-state index >= 15 is 0 Å². The van der Waals surface area contributed by atoms with Gasteiger partial charge < -0.3 is 34.7 Å². The molecule has 1 fully saturated rings. The summed E-state index contributed by atoms with van der Waals surface area (Å²) < 4.78 is 17.7. The number of hydrogen-bond acceptors (Lipinski definition) is 7. The summed E-state index contributed by atoms with van der Waals surface area (Å²) in [7, 11) is 3.64. The number of ether oxygens (including phenoxy) is 3. The van der Waals surface area contributed by atoms with Gasteiger partial charge in [-0.2, -0.15) is 0 Å². The number of carbonyl (C=O) groups excluding carboxylic acids is 1. The number of para-hydroxylation sites is 1. The fraction of sp³-hybridized carbons (Fsp3) is 0.407. The first-order valence-corrected chi connectivity index (χ1v) is 12.8. The summed E-state index contributed by atoms with van der Waals surface area (Å²) in [6, 6.07) is 7.32. The van der Waals surface area contributed by atoms with Crippen molar-refractivity contribution in [3.05, 3.63) is 52.9 Å². The van der Waals surface area contributed by atoms with Crippen LogP contribution in [-0.2, 0) is 4.74 Å². The van der Waals surface area contributed by atoms with E-state index in [0.29, 0.717) is 46.7 Å².